The second kappa shape index (κ2) is 5.55. The van der Waals surface area contributed by atoms with E-state index in [1.807, 2.05) is 18.2 Å². The number of rotatable bonds is 5. The van der Waals surface area contributed by atoms with Gasteiger partial charge in [-0.05, 0) is 12.1 Å². The minimum absolute atomic E-state index is 0.509. The minimum Gasteiger partial charge on any atom is -0.493 e. The number of ether oxygens (including phenoxy) is 2. The zero-order valence-electron chi connectivity index (χ0n) is 10.5. The molecule has 18 heavy (non-hydrogen) atoms. The third kappa shape index (κ3) is 2.31. The second-order valence-corrected chi connectivity index (χ2v) is 3.70. The summed E-state index contributed by atoms with van der Waals surface area (Å²) < 4.78 is 16.2. The van der Waals surface area contributed by atoms with E-state index < -0.39 is 0 Å². The molecule has 1 aromatic heterocycles. The third-order valence-electron chi connectivity index (χ3n) is 2.58. The average Bonchev–Trinajstić information content (AvgIpc) is 2.86. The summed E-state index contributed by atoms with van der Waals surface area (Å²) in [6.45, 7) is 0.509. The number of para-hydroxylation sites is 1. The van der Waals surface area contributed by atoms with Crippen LogP contribution in [-0.2, 0) is 6.42 Å². The molecule has 0 unspecified atom stereocenters. The molecule has 0 atom stereocenters. The molecule has 5 nitrogen and oxygen atoms in total. The maximum Gasteiger partial charge on any atom is 0.196 e. The van der Waals surface area contributed by atoms with Crippen molar-refractivity contribution >= 4 is 0 Å². The molecule has 0 aliphatic carbocycles. The van der Waals surface area contributed by atoms with E-state index in [4.69, 9.17) is 19.6 Å². The fourth-order valence-electron chi connectivity index (χ4n) is 1.75. The van der Waals surface area contributed by atoms with Gasteiger partial charge in [0.1, 0.15) is 0 Å². The van der Waals surface area contributed by atoms with Crippen LogP contribution in [0.15, 0.2) is 28.8 Å². The number of benzene rings is 1. The van der Waals surface area contributed by atoms with E-state index in [-0.39, 0.29) is 0 Å². The van der Waals surface area contributed by atoms with Gasteiger partial charge in [0.25, 0.3) is 0 Å². The van der Waals surface area contributed by atoms with Crippen LogP contribution in [0.5, 0.6) is 11.5 Å². The van der Waals surface area contributed by atoms with E-state index in [0.717, 1.165) is 5.56 Å². The van der Waals surface area contributed by atoms with Crippen LogP contribution in [-0.4, -0.2) is 25.7 Å². The third-order valence-corrected chi connectivity index (χ3v) is 2.58. The fraction of sp³-hybridized carbons (Fsp3) is 0.308. The summed E-state index contributed by atoms with van der Waals surface area (Å²) in [6.07, 6.45) is 2.29. The van der Waals surface area contributed by atoms with Crippen molar-refractivity contribution in [2.45, 2.75) is 6.42 Å². The van der Waals surface area contributed by atoms with E-state index in [9.17, 15) is 0 Å². The molecule has 2 N–H and O–H groups in total. The first-order valence-corrected chi connectivity index (χ1v) is 5.66. The molecule has 1 heterocycles. The van der Waals surface area contributed by atoms with Gasteiger partial charge < -0.3 is 19.6 Å². The lowest BCUT2D eigenvalue weighted by Gasteiger charge is -2.10. The van der Waals surface area contributed by atoms with Crippen molar-refractivity contribution < 1.29 is 13.9 Å². The Morgan fingerprint density at radius 2 is 2.11 bits per heavy atom. The Morgan fingerprint density at radius 3 is 2.78 bits per heavy atom. The summed E-state index contributed by atoms with van der Waals surface area (Å²) >= 11 is 0. The zero-order chi connectivity index (χ0) is 13.0. The lowest BCUT2D eigenvalue weighted by atomic mass is 10.1. The lowest BCUT2D eigenvalue weighted by molar-refractivity contribution is 0.355. The van der Waals surface area contributed by atoms with Gasteiger partial charge in [0.15, 0.2) is 23.1 Å². The number of hydrogen-bond donors (Lipinski definition) is 1. The Morgan fingerprint density at radius 1 is 1.28 bits per heavy atom. The monoisotopic (exact) mass is 248 g/mol. The molecule has 0 spiro atoms. The zero-order valence-corrected chi connectivity index (χ0v) is 10.5. The Balaban J connectivity index is 2.42. The molecule has 5 heteroatoms. The molecule has 1 aromatic carbocycles. The van der Waals surface area contributed by atoms with Crippen LogP contribution >= 0.6 is 0 Å². The molecule has 0 saturated carbocycles. The van der Waals surface area contributed by atoms with Crippen LogP contribution in [0.25, 0.3) is 11.3 Å². The minimum atomic E-state index is 0.509. The Labute approximate surface area is 106 Å². The number of nitrogens with two attached hydrogens (primary N) is 1. The van der Waals surface area contributed by atoms with Crippen molar-refractivity contribution in [3.05, 3.63) is 30.3 Å². The fourth-order valence-corrected chi connectivity index (χ4v) is 1.75. The van der Waals surface area contributed by atoms with Crippen LogP contribution in [0.2, 0.25) is 0 Å². The molecule has 0 fully saturated rings. The summed E-state index contributed by atoms with van der Waals surface area (Å²) in [7, 11) is 3.19. The van der Waals surface area contributed by atoms with Gasteiger partial charge in [-0.1, -0.05) is 6.07 Å². The van der Waals surface area contributed by atoms with Crippen LogP contribution in [0.4, 0.5) is 0 Å². The van der Waals surface area contributed by atoms with E-state index in [1.54, 1.807) is 20.4 Å². The number of hydrogen-bond acceptors (Lipinski definition) is 5. The first kappa shape index (κ1) is 12.4. The molecule has 0 radical (unpaired) electrons. The van der Waals surface area contributed by atoms with Gasteiger partial charge >= 0.3 is 0 Å². The largest absolute Gasteiger partial charge is 0.493 e. The van der Waals surface area contributed by atoms with E-state index >= 15 is 0 Å². The number of aromatic nitrogens is 1. The average molecular weight is 248 g/mol. The Bertz CT molecular complexity index is 523. The highest BCUT2D eigenvalue weighted by atomic mass is 16.5. The number of methoxy groups -OCH3 is 2. The highest BCUT2D eigenvalue weighted by Crippen LogP contribution is 2.37. The van der Waals surface area contributed by atoms with Gasteiger partial charge in [0.05, 0.1) is 26.0 Å². The van der Waals surface area contributed by atoms with Gasteiger partial charge in [0, 0.05) is 13.0 Å². The molecule has 0 amide bonds. The normalized spacial score (nSPS) is 10.4. The molecule has 0 saturated heterocycles. The van der Waals surface area contributed by atoms with Crippen LogP contribution in [0, 0.1) is 0 Å². The molecule has 2 aromatic rings. The smallest absolute Gasteiger partial charge is 0.196 e. The van der Waals surface area contributed by atoms with E-state index in [2.05, 4.69) is 4.98 Å². The summed E-state index contributed by atoms with van der Waals surface area (Å²) in [5, 5.41) is 0. The standard InChI is InChI=1S/C13H16N2O3/c1-16-10-5-3-4-9(13(10)17-2)11-8-15-12(18-11)6-7-14/h3-5,8H,6-7,14H2,1-2H3. The number of nitrogens with zero attached hydrogens (tertiary/aromatic N) is 1. The molecule has 0 aliphatic heterocycles. The second-order valence-electron chi connectivity index (χ2n) is 3.70. The molecule has 0 aliphatic rings. The van der Waals surface area contributed by atoms with Crippen molar-refractivity contribution in [1.29, 1.82) is 0 Å². The van der Waals surface area contributed by atoms with Crippen LogP contribution < -0.4 is 15.2 Å². The predicted molar refractivity (Wildman–Crippen MR) is 67.8 cm³/mol. The molecular weight excluding hydrogens is 232 g/mol. The van der Waals surface area contributed by atoms with Crippen molar-refractivity contribution in [2.75, 3.05) is 20.8 Å². The Kier molecular flexibility index (Phi) is 3.84. The highest BCUT2D eigenvalue weighted by molar-refractivity contribution is 5.69. The van der Waals surface area contributed by atoms with Gasteiger partial charge in [0.2, 0.25) is 0 Å². The van der Waals surface area contributed by atoms with Gasteiger partial charge in [-0.2, -0.15) is 0 Å². The van der Waals surface area contributed by atoms with E-state index in [0.29, 0.717) is 36.1 Å². The molecule has 2 rings (SSSR count). The summed E-state index contributed by atoms with van der Waals surface area (Å²) in [5.74, 6) is 2.56. The van der Waals surface area contributed by atoms with Crippen LogP contribution in [0.3, 0.4) is 0 Å². The van der Waals surface area contributed by atoms with Gasteiger partial charge in [-0.15, -0.1) is 0 Å². The predicted octanol–water partition coefficient (Wildman–Crippen LogP) is 1.86. The quantitative estimate of drug-likeness (QED) is 0.874. The Hall–Kier alpha value is -2.01. The van der Waals surface area contributed by atoms with Crippen LogP contribution in [0.1, 0.15) is 5.89 Å². The summed E-state index contributed by atoms with van der Waals surface area (Å²) in [4.78, 5) is 4.17. The summed E-state index contributed by atoms with van der Waals surface area (Å²) in [6, 6.07) is 5.61. The first-order chi connectivity index (χ1) is 8.80. The SMILES string of the molecule is COc1cccc(-c2cnc(CCN)o2)c1OC. The maximum atomic E-state index is 5.63. The molecular formula is C13H16N2O3. The van der Waals surface area contributed by atoms with Crippen molar-refractivity contribution in [3.8, 4) is 22.8 Å². The lowest BCUT2D eigenvalue weighted by Crippen LogP contribution is -2.02. The van der Waals surface area contributed by atoms with Gasteiger partial charge in [-0.3, -0.25) is 0 Å². The van der Waals surface area contributed by atoms with Gasteiger partial charge in [-0.25, -0.2) is 4.98 Å². The first-order valence-electron chi connectivity index (χ1n) is 5.66. The van der Waals surface area contributed by atoms with Crippen molar-refractivity contribution in [1.82, 2.24) is 4.98 Å². The summed E-state index contributed by atoms with van der Waals surface area (Å²) in [5.41, 5.74) is 6.28. The molecule has 0 bridgehead atoms. The van der Waals surface area contributed by atoms with E-state index in [1.165, 1.54) is 0 Å². The van der Waals surface area contributed by atoms with Crippen molar-refractivity contribution in [3.63, 3.8) is 0 Å². The highest BCUT2D eigenvalue weighted by Gasteiger charge is 2.14. The van der Waals surface area contributed by atoms with Crippen molar-refractivity contribution in [2.24, 2.45) is 5.73 Å². The maximum absolute atomic E-state index is 5.63. The molecule has 96 valence electrons. The number of oxazole rings is 1. The topological polar surface area (TPSA) is 70.5 Å².